The normalized spacial score (nSPS) is 10.7. The molecule has 0 radical (unpaired) electrons. The largest absolute Gasteiger partial charge is 0.497 e. The predicted octanol–water partition coefficient (Wildman–Crippen LogP) is 4.02. The van der Waals surface area contributed by atoms with Crippen LogP contribution in [0.5, 0.6) is 11.5 Å². The molecule has 0 heterocycles. The average molecular weight is 242 g/mol. The van der Waals surface area contributed by atoms with Gasteiger partial charge in [0.05, 0.1) is 14.2 Å². The molecule has 18 heavy (non-hydrogen) atoms. The molecule has 0 bridgehead atoms. The molecule has 1 aromatic carbocycles. The maximum atomic E-state index is 5.34. The third kappa shape index (κ3) is 2.92. The second-order valence-electron chi connectivity index (χ2n) is 3.61. The lowest BCUT2D eigenvalue weighted by Crippen LogP contribution is -1.94. The third-order valence-electron chi connectivity index (χ3n) is 2.60. The van der Waals surface area contributed by atoms with Crippen molar-refractivity contribution in [3.05, 3.63) is 67.3 Å². The van der Waals surface area contributed by atoms with Crippen molar-refractivity contribution in [2.24, 2.45) is 0 Å². The molecule has 0 fully saturated rings. The van der Waals surface area contributed by atoms with Crippen LogP contribution in [0.25, 0.3) is 5.57 Å². The van der Waals surface area contributed by atoms with Crippen molar-refractivity contribution >= 4 is 5.57 Å². The summed E-state index contributed by atoms with van der Waals surface area (Å²) in [6.07, 6.45) is 5.30. The predicted molar refractivity (Wildman–Crippen MR) is 77.1 cm³/mol. The molecule has 0 saturated carbocycles. The Morgan fingerprint density at radius 3 is 2.39 bits per heavy atom. The molecule has 0 spiro atoms. The second kappa shape index (κ2) is 6.50. The SMILES string of the molecule is C=C/C=C(\C=C)C(=C)c1cc(OC)ccc1OC. The molecule has 0 amide bonds. The van der Waals surface area contributed by atoms with Gasteiger partial charge in [-0.1, -0.05) is 38.0 Å². The monoisotopic (exact) mass is 242 g/mol. The summed E-state index contributed by atoms with van der Waals surface area (Å²) < 4.78 is 10.6. The van der Waals surface area contributed by atoms with Gasteiger partial charge in [0.25, 0.3) is 0 Å². The van der Waals surface area contributed by atoms with Gasteiger partial charge in [0, 0.05) is 5.56 Å². The number of methoxy groups -OCH3 is 2. The minimum absolute atomic E-state index is 0.748. The third-order valence-corrected chi connectivity index (χ3v) is 2.60. The number of rotatable bonds is 6. The Morgan fingerprint density at radius 1 is 1.17 bits per heavy atom. The van der Waals surface area contributed by atoms with Crippen molar-refractivity contribution in [2.75, 3.05) is 14.2 Å². The van der Waals surface area contributed by atoms with E-state index < -0.39 is 0 Å². The molecule has 1 rings (SSSR count). The van der Waals surface area contributed by atoms with E-state index in [9.17, 15) is 0 Å². The molecule has 2 heteroatoms. The van der Waals surface area contributed by atoms with Crippen LogP contribution in [0.15, 0.2) is 61.7 Å². The summed E-state index contributed by atoms with van der Waals surface area (Å²) in [6.45, 7) is 11.5. The molecule has 0 atom stereocenters. The molecule has 1 aromatic rings. The standard InChI is InChI=1S/C16H18O2/c1-6-8-13(7-2)12(3)15-11-14(17-4)9-10-16(15)18-5/h6-11H,1-3H2,4-5H3/b13-8+. The summed E-state index contributed by atoms with van der Waals surface area (Å²) in [5.41, 5.74) is 2.60. The highest BCUT2D eigenvalue weighted by Crippen LogP contribution is 2.33. The Balaban J connectivity index is 3.29. The first kappa shape index (κ1) is 13.8. The highest BCUT2D eigenvalue weighted by atomic mass is 16.5. The number of ether oxygens (including phenoxy) is 2. The highest BCUT2D eigenvalue weighted by molar-refractivity contribution is 5.83. The van der Waals surface area contributed by atoms with Gasteiger partial charge in [-0.25, -0.2) is 0 Å². The van der Waals surface area contributed by atoms with E-state index in [1.165, 1.54) is 0 Å². The van der Waals surface area contributed by atoms with Gasteiger partial charge in [0.15, 0.2) is 0 Å². The van der Waals surface area contributed by atoms with Gasteiger partial charge in [0.2, 0.25) is 0 Å². The van der Waals surface area contributed by atoms with Crippen molar-refractivity contribution in [1.29, 1.82) is 0 Å². The maximum absolute atomic E-state index is 5.34. The summed E-state index contributed by atoms with van der Waals surface area (Å²) in [7, 11) is 3.26. The van der Waals surface area contributed by atoms with Crippen molar-refractivity contribution in [3.63, 3.8) is 0 Å². The summed E-state index contributed by atoms with van der Waals surface area (Å²) in [5.74, 6) is 1.51. The minimum atomic E-state index is 0.748. The quantitative estimate of drug-likeness (QED) is 0.701. The summed E-state index contributed by atoms with van der Waals surface area (Å²) in [5, 5.41) is 0. The molecule has 0 N–H and O–H groups in total. The first-order valence-electron chi connectivity index (χ1n) is 5.54. The fraction of sp³-hybridized carbons (Fsp3) is 0.125. The topological polar surface area (TPSA) is 18.5 Å². The van der Waals surface area contributed by atoms with Crippen LogP contribution in [0.2, 0.25) is 0 Å². The zero-order valence-corrected chi connectivity index (χ0v) is 10.9. The van der Waals surface area contributed by atoms with E-state index in [2.05, 4.69) is 19.7 Å². The van der Waals surface area contributed by atoms with Crippen LogP contribution in [-0.2, 0) is 0 Å². The van der Waals surface area contributed by atoms with Crippen molar-refractivity contribution in [3.8, 4) is 11.5 Å². The van der Waals surface area contributed by atoms with Gasteiger partial charge in [-0.3, -0.25) is 0 Å². The van der Waals surface area contributed by atoms with Crippen LogP contribution < -0.4 is 9.47 Å². The Labute approximate surface area is 109 Å². The van der Waals surface area contributed by atoms with Crippen molar-refractivity contribution in [1.82, 2.24) is 0 Å². The van der Waals surface area contributed by atoms with Gasteiger partial charge in [-0.15, -0.1) is 0 Å². The average Bonchev–Trinajstić information content (AvgIpc) is 2.43. The van der Waals surface area contributed by atoms with Gasteiger partial charge >= 0.3 is 0 Å². The second-order valence-corrected chi connectivity index (χ2v) is 3.61. The Bertz CT molecular complexity index is 496. The van der Waals surface area contributed by atoms with E-state index in [0.29, 0.717) is 0 Å². The van der Waals surface area contributed by atoms with Gasteiger partial charge in [-0.05, 0) is 29.3 Å². The first-order valence-corrected chi connectivity index (χ1v) is 5.54. The van der Waals surface area contributed by atoms with Gasteiger partial charge in [0.1, 0.15) is 11.5 Å². The smallest absolute Gasteiger partial charge is 0.126 e. The van der Waals surface area contributed by atoms with Gasteiger partial charge in [-0.2, -0.15) is 0 Å². The van der Waals surface area contributed by atoms with Crippen LogP contribution in [-0.4, -0.2) is 14.2 Å². The van der Waals surface area contributed by atoms with E-state index >= 15 is 0 Å². The Morgan fingerprint density at radius 2 is 1.89 bits per heavy atom. The fourth-order valence-corrected chi connectivity index (χ4v) is 1.62. The van der Waals surface area contributed by atoms with Crippen molar-refractivity contribution in [2.45, 2.75) is 0 Å². The molecule has 94 valence electrons. The van der Waals surface area contributed by atoms with E-state index in [1.807, 2.05) is 24.3 Å². The number of benzene rings is 1. The maximum Gasteiger partial charge on any atom is 0.126 e. The lowest BCUT2D eigenvalue weighted by molar-refractivity contribution is 0.402. The molecule has 0 unspecified atom stereocenters. The van der Waals surface area contributed by atoms with Crippen LogP contribution in [0, 0.1) is 0 Å². The Kier molecular flexibility index (Phi) is 5.00. The highest BCUT2D eigenvalue weighted by Gasteiger charge is 2.10. The van der Waals surface area contributed by atoms with E-state index in [1.54, 1.807) is 26.4 Å². The van der Waals surface area contributed by atoms with Crippen molar-refractivity contribution < 1.29 is 9.47 Å². The minimum Gasteiger partial charge on any atom is -0.497 e. The molecular weight excluding hydrogens is 224 g/mol. The zero-order chi connectivity index (χ0) is 13.5. The summed E-state index contributed by atoms with van der Waals surface area (Å²) in [4.78, 5) is 0. The molecule has 0 aliphatic rings. The molecule has 0 aliphatic carbocycles. The number of hydrogen-bond acceptors (Lipinski definition) is 2. The van der Waals surface area contributed by atoms with Crippen LogP contribution in [0.3, 0.4) is 0 Å². The summed E-state index contributed by atoms with van der Waals surface area (Å²) in [6, 6.07) is 5.59. The van der Waals surface area contributed by atoms with Crippen LogP contribution in [0.4, 0.5) is 0 Å². The first-order chi connectivity index (χ1) is 8.67. The number of hydrogen-bond donors (Lipinski definition) is 0. The van der Waals surface area contributed by atoms with Crippen LogP contribution in [0.1, 0.15) is 5.56 Å². The zero-order valence-electron chi connectivity index (χ0n) is 10.9. The van der Waals surface area contributed by atoms with E-state index in [-0.39, 0.29) is 0 Å². The Hall–Kier alpha value is -2.22. The van der Waals surface area contributed by atoms with E-state index in [4.69, 9.17) is 9.47 Å². The lowest BCUT2D eigenvalue weighted by atomic mass is 9.98. The fourth-order valence-electron chi connectivity index (χ4n) is 1.62. The molecule has 0 aliphatic heterocycles. The van der Waals surface area contributed by atoms with E-state index in [0.717, 1.165) is 28.2 Å². The van der Waals surface area contributed by atoms with Gasteiger partial charge < -0.3 is 9.47 Å². The molecular formula is C16H18O2. The molecule has 2 nitrogen and oxygen atoms in total. The number of allylic oxidation sites excluding steroid dienone is 5. The van der Waals surface area contributed by atoms with Crippen LogP contribution >= 0.6 is 0 Å². The lowest BCUT2D eigenvalue weighted by Gasteiger charge is -2.13. The molecule has 0 aromatic heterocycles. The molecule has 0 saturated heterocycles. The summed E-state index contributed by atoms with van der Waals surface area (Å²) >= 11 is 0.